The number of aromatic nitrogens is 2. The van der Waals surface area contributed by atoms with E-state index in [0.717, 1.165) is 38.5 Å². The molecule has 8 nitrogen and oxygen atoms in total. The highest BCUT2D eigenvalue weighted by Gasteiger charge is 2.42. The zero-order chi connectivity index (χ0) is 26.3. The van der Waals surface area contributed by atoms with Crippen molar-refractivity contribution in [3.05, 3.63) is 110 Å². The predicted molar refractivity (Wildman–Crippen MR) is 151 cm³/mol. The highest BCUT2D eigenvalue weighted by atomic mass is 79.9. The van der Waals surface area contributed by atoms with Crippen molar-refractivity contribution in [1.29, 1.82) is 0 Å². The van der Waals surface area contributed by atoms with Crippen LogP contribution in [0.1, 0.15) is 34.7 Å². The van der Waals surface area contributed by atoms with Gasteiger partial charge in [-0.3, -0.25) is 15.1 Å². The van der Waals surface area contributed by atoms with Crippen LogP contribution < -0.4 is 15.0 Å². The number of anilines is 1. The Kier molecular flexibility index (Phi) is 6.70. The van der Waals surface area contributed by atoms with Crippen LogP contribution in [0.15, 0.2) is 77.4 Å². The van der Waals surface area contributed by atoms with Gasteiger partial charge in [-0.1, -0.05) is 22.0 Å². The molecule has 0 unspecified atom stereocenters. The molecule has 2 aromatic carbocycles. The molecular weight excluding hydrogens is 554 g/mol. The molecule has 37 heavy (non-hydrogen) atoms. The first kappa shape index (κ1) is 24.9. The molecule has 0 bridgehead atoms. The quantitative estimate of drug-likeness (QED) is 0.162. The van der Waals surface area contributed by atoms with Gasteiger partial charge in [0.2, 0.25) is 0 Å². The lowest BCUT2D eigenvalue weighted by Gasteiger charge is -2.28. The van der Waals surface area contributed by atoms with E-state index in [2.05, 4.69) is 41.8 Å². The molecular formula is C27H24BrN5O3S. The maximum Gasteiger partial charge on any atom is 0.273 e. The van der Waals surface area contributed by atoms with E-state index in [0.29, 0.717) is 10.9 Å². The second-order valence-corrected chi connectivity index (χ2v) is 10.1. The van der Waals surface area contributed by atoms with E-state index in [1.165, 1.54) is 19.2 Å². The van der Waals surface area contributed by atoms with E-state index < -0.39 is 4.92 Å². The number of ether oxygens (including phenoxy) is 1. The van der Waals surface area contributed by atoms with Crippen molar-refractivity contribution in [3.63, 3.8) is 0 Å². The normalized spacial score (nSPS) is 17.1. The summed E-state index contributed by atoms with van der Waals surface area (Å²) in [7, 11) is 1.52. The van der Waals surface area contributed by atoms with Gasteiger partial charge in [0.15, 0.2) is 5.11 Å². The number of nitrogens with zero attached hydrogens (tertiary/aromatic N) is 4. The van der Waals surface area contributed by atoms with Gasteiger partial charge >= 0.3 is 0 Å². The number of nitrogens with one attached hydrogen (secondary N) is 1. The van der Waals surface area contributed by atoms with Crippen LogP contribution in [-0.2, 0) is 0 Å². The Morgan fingerprint density at radius 2 is 1.86 bits per heavy atom. The van der Waals surface area contributed by atoms with Gasteiger partial charge in [0.05, 0.1) is 41.6 Å². The smallest absolute Gasteiger partial charge is 0.273 e. The number of aryl methyl sites for hydroxylation is 1. The third-order valence-electron chi connectivity index (χ3n) is 6.61. The van der Waals surface area contributed by atoms with Crippen LogP contribution >= 0.6 is 28.1 Å². The van der Waals surface area contributed by atoms with E-state index in [1.54, 1.807) is 12.3 Å². The molecule has 1 fully saturated rings. The van der Waals surface area contributed by atoms with Crippen molar-refractivity contribution in [2.45, 2.75) is 25.9 Å². The third-order valence-corrected chi connectivity index (χ3v) is 7.45. The minimum Gasteiger partial charge on any atom is -0.494 e. The maximum absolute atomic E-state index is 11.3. The molecule has 0 amide bonds. The number of non-ortho nitro benzene ring substituents is 1. The average Bonchev–Trinajstić information content (AvgIpc) is 3.39. The summed E-state index contributed by atoms with van der Waals surface area (Å²) < 4.78 is 8.61. The van der Waals surface area contributed by atoms with Gasteiger partial charge in [0.25, 0.3) is 5.69 Å². The number of halogens is 1. The van der Waals surface area contributed by atoms with Gasteiger partial charge < -0.3 is 19.5 Å². The molecule has 0 radical (unpaired) electrons. The molecule has 1 N–H and O–H groups in total. The number of rotatable bonds is 6. The van der Waals surface area contributed by atoms with E-state index >= 15 is 0 Å². The number of methoxy groups -OCH3 is 1. The van der Waals surface area contributed by atoms with Gasteiger partial charge in [-0.2, -0.15) is 0 Å². The molecule has 188 valence electrons. The fourth-order valence-corrected chi connectivity index (χ4v) is 5.58. The van der Waals surface area contributed by atoms with Crippen LogP contribution in [0.3, 0.4) is 0 Å². The summed E-state index contributed by atoms with van der Waals surface area (Å²) in [6, 6.07) is 20.3. The van der Waals surface area contributed by atoms with Crippen molar-refractivity contribution >= 4 is 44.6 Å². The van der Waals surface area contributed by atoms with Crippen LogP contribution in [0, 0.1) is 24.0 Å². The number of hydrogen-bond acceptors (Lipinski definition) is 5. The summed E-state index contributed by atoms with van der Waals surface area (Å²) in [5, 5.41) is 15.4. The summed E-state index contributed by atoms with van der Waals surface area (Å²) in [5.41, 5.74) is 5.55. The summed E-state index contributed by atoms with van der Waals surface area (Å²) in [6.07, 6.45) is 1.78. The maximum atomic E-state index is 11.3. The van der Waals surface area contributed by atoms with Crippen LogP contribution in [0.2, 0.25) is 0 Å². The monoisotopic (exact) mass is 577 g/mol. The lowest BCUT2D eigenvalue weighted by atomic mass is 9.96. The van der Waals surface area contributed by atoms with Crippen LogP contribution in [0.25, 0.3) is 5.69 Å². The highest BCUT2D eigenvalue weighted by Crippen LogP contribution is 2.44. The molecule has 5 rings (SSSR count). The lowest BCUT2D eigenvalue weighted by Crippen LogP contribution is -2.29. The van der Waals surface area contributed by atoms with Crippen LogP contribution in [0.4, 0.5) is 11.4 Å². The van der Waals surface area contributed by atoms with E-state index in [4.69, 9.17) is 17.0 Å². The summed E-state index contributed by atoms with van der Waals surface area (Å²) in [5.74, 6) is 0.425. The second-order valence-electron chi connectivity index (χ2n) is 8.75. The Bertz CT molecular complexity index is 1490. The first-order chi connectivity index (χ1) is 17.8. The highest BCUT2D eigenvalue weighted by molar-refractivity contribution is 9.10. The van der Waals surface area contributed by atoms with E-state index in [-0.39, 0.29) is 17.8 Å². The summed E-state index contributed by atoms with van der Waals surface area (Å²) >= 11 is 9.37. The molecule has 0 saturated carbocycles. The van der Waals surface area contributed by atoms with E-state index in [1.807, 2.05) is 56.3 Å². The molecule has 10 heteroatoms. The molecule has 1 aliphatic heterocycles. The molecule has 1 aliphatic rings. The molecule has 2 atom stereocenters. The predicted octanol–water partition coefficient (Wildman–Crippen LogP) is 6.35. The SMILES string of the molecule is COc1cc([N+](=O)[O-])ccc1-n1c(C)cc([C@@H]2[C@@H](c3ccccn3)NC(=S)N2c2ccc(Br)cc2)c1C. The Morgan fingerprint density at radius 1 is 1.11 bits per heavy atom. The Labute approximate surface area is 228 Å². The Balaban J connectivity index is 1.68. The molecule has 1 saturated heterocycles. The van der Waals surface area contributed by atoms with Crippen LogP contribution in [-0.4, -0.2) is 26.7 Å². The number of thiocarbonyl (C=S) groups is 1. The Hall–Kier alpha value is -3.76. The first-order valence-electron chi connectivity index (χ1n) is 11.6. The number of nitro groups is 1. The van der Waals surface area contributed by atoms with Crippen molar-refractivity contribution in [1.82, 2.24) is 14.9 Å². The summed E-state index contributed by atoms with van der Waals surface area (Å²) in [6.45, 7) is 4.05. The number of benzene rings is 2. The standard InChI is InChI=1S/C27H24BrN5O3S/c1-16-14-21(17(2)31(16)23-12-11-20(33(34)35)15-24(23)36-3)26-25(22-6-4-5-13-29-22)30-27(37)32(26)19-9-7-18(28)8-10-19/h4-15,25-26H,1-3H3,(H,30,37)/t25-,26-/m1/s1. The third kappa shape index (κ3) is 4.47. The lowest BCUT2D eigenvalue weighted by molar-refractivity contribution is -0.384. The molecule has 4 aromatic rings. The topological polar surface area (TPSA) is 85.5 Å². The van der Waals surface area contributed by atoms with E-state index in [9.17, 15) is 10.1 Å². The van der Waals surface area contributed by atoms with Gasteiger partial charge in [0.1, 0.15) is 5.75 Å². The molecule has 2 aromatic heterocycles. The fourth-order valence-electron chi connectivity index (χ4n) is 4.97. The fraction of sp³-hybridized carbons (Fsp3) is 0.185. The summed E-state index contributed by atoms with van der Waals surface area (Å²) in [4.78, 5) is 17.7. The zero-order valence-corrected chi connectivity index (χ0v) is 22.8. The number of pyridine rings is 1. The van der Waals surface area contributed by atoms with Gasteiger partial charge in [-0.15, -0.1) is 0 Å². The van der Waals surface area contributed by atoms with Crippen molar-refractivity contribution < 1.29 is 9.66 Å². The second kappa shape index (κ2) is 9.95. The van der Waals surface area contributed by atoms with Crippen molar-refractivity contribution in [3.8, 4) is 11.4 Å². The van der Waals surface area contributed by atoms with Gasteiger partial charge in [0, 0.05) is 33.8 Å². The minimum absolute atomic E-state index is 0.0229. The van der Waals surface area contributed by atoms with Gasteiger partial charge in [-0.05, 0) is 80.2 Å². The number of hydrogen-bond donors (Lipinski definition) is 1. The zero-order valence-electron chi connectivity index (χ0n) is 20.4. The number of nitro benzene ring substituents is 1. The van der Waals surface area contributed by atoms with Crippen molar-refractivity contribution in [2.24, 2.45) is 0 Å². The minimum atomic E-state index is -0.425. The van der Waals surface area contributed by atoms with Gasteiger partial charge in [-0.25, -0.2) is 0 Å². The van der Waals surface area contributed by atoms with Crippen LogP contribution in [0.5, 0.6) is 5.75 Å². The molecule has 3 heterocycles. The molecule has 0 spiro atoms. The molecule has 0 aliphatic carbocycles. The largest absolute Gasteiger partial charge is 0.494 e. The Morgan fingerprint density at radius 3 is 2.51 bits per heavy atom. The average molecular weight is 578 g/mol. The van der Waals surface area contributed by atoms with Crippen molar-refractivity contribution in [2.75, 3.05) is 12.0 Å². The first-order valence-corrected chi connectivity index (χ1v) is 12.8.